The van der Waals surface area contributed by atoms with Gasteiger partial charge < -0.3 is 26.2 Å². The Bertz CT molecular complexity index is 720. The van der Waals surface area contributed by atoms with E-state index in [2.05, 4.69) is 41.1 Å². The topological polar surface area (TPSA) is 112 Å². The van der Waals surface area contributed by atoms with Crippen LogP contribution in [0, 0.1) is 0 Å². The number of anilines is 2. The maximum Gasteiger partial charge on any atom is 0.295 e. The predicted molar refractivity (Wildman–Crippen MR) is 101 cm³/mol. The molecule has 8 heteroatoms. The lowest BCUT2D eigenvalue weighted by Gasteiger charge is -2.21. The van der Waals surface area contributed by atoms with Crippen molar-refractivity contribution < 1.29 is 10.2 Å². The number of nitrogens with zero attached hydrogens (tertiary/aromatic N) is 4. The molecule has 140 valence electrons. The molecule has 0 fully saturated rings. The van der Waals surface area contributed by atoms with Crippen molar-refractivity contribution in [1.29, 1.82) is 0 Å². The van der Waals surface area contributed by atoms with Gasteiger partial charge in [0.25, 0.3) is 6.01 Å². The van der Waals surface area contributed by atoms with Crippen molar-refractivity contribution in [1.82, 2.24) is 19.4 Å². The standard InChI is InChI=1S/C17H30N6O2/c1-11(2)22(5)8-6-7-19-13-9-12-14(15(18)20-13)21-16(24)23(12)10-17(3,4)25/h9,11,25H,6-8,10H2,1-5H3,(H,21,24)(H3,18,19,20). The second-order valence-electron chi connectivity index (χ2n) is 7.43. The van der Waals surface area contributed by atoms with Crippen molar-refractivity contribution in [3.63, 3.8) is 0 Å². The number of aliphatic hydroxyl groups is 1. The second-order valence-corrected chi connectivity index (χ2v) is 7.43. The van der Waals surface area contributed by atoms with Crippen LogP contribution in [0.25, 0.3) is 11.0 Å². The van der Waals surface area contributed by atoms with E-state index in [4.69, 9.17) is 5.73 Å². The Hall–Kier alpha value is -2.06. The number of nitrogen functional groups attached to an aromatic ring is 1. The smallest absolute Gasteiger partial charge is 0.295 e. The quantitative estimate of drug-likeness (QED) is 0.535. The SMILES string of the molecule is CC(C)N(C)CCCNc1cc2c(nc(O)n2CC(C)(C)O)c(N)n1. The molecule has 2 aromatic heterocycles. The van der Waals surface area contributed by atoms with Gasteiger partial charge in [0, 0.05) is 18.7 Å². The third-order valence-electron chi connectivity index (χ3n) is 4.16. The summed E-state index contributed by atoms with van der Waals surface area (Å²) in [4.78, 5) is 10.7. The number of aromatic nitrogens is 3. The molecule has 25 heavy (non-hydrogen) atoms. The minimum absolute atomic E-state index is 0.179. The van der Waals surface area contributed by atoms with Crippen molar-refractivity contribution in [2.75, 3.05) is 31.2 Å². The lowest BCUT2D eigenvalue weighted by Crippen LogP contribution is -2.28. The van der Waals surface area contributed by atoms with Crippen molar-refractivity contribution in [3.05, 3.63) is 6.07 Å². The first-order valence-electron chi connectivity index (χ1n) is 8.60. The number of pyridine rings is 1. The van der Waals surface area contributed by atoms with Crippen LogP contribution in [-0.4, -0.2) is 61.4 Å². The molecule has 0 saturated carbocycles. The van der Waals surface area contributed by atoms with Gasteiger partial charge in [-0.25, -0.2) is 4.98 Å². The Morgan fingerprint density at radius 2 is 2.04 bits per heavy atom. The molecule has 8 nitrogen and oxygen atoms in total. The van der Waals surface area contributed by atoms with Gasteiger partial charge in [0.1, 0.15) is 11.3 Å². The molecule has 2 rings (SSSR count). The Balaban J connectivity index is 2.15. The molecule has 0 saturated heterocycles. The third-order valence-corrected chi connectivity index (χ3v) is 4.16. The highest BCUT2D eigenvalue weighted by molar-refractivity contribution is 5.88. The Kier molecular flexibility index (Phi) is 5.74. The molecule has 0 aliphatic carbocycles. The van der Waals surface area contributed by atoms with E-state index in [0.717, 1.165) is 19.5 Å². The monoisotopic (exact) mass is 350 g/mol. The van der Waals surface area contributed by atoms with Gasteiger partial charge in [0.05, 0.1) is 17.7 Å². The zero-order chi connectivity index (χ0) is 18.8. The van der Waals surface area contributed by atoms with Crippen molar-refractivity contribution in [2.24, 2.45) is 0 Å². The highest BCUT2D eigenvalue weighted by Gasteiger charge is 2.20. The summed E-state index contributed by atoms with van der Waals surface area (Å²) in [6.07, 6.45) is 0.975. The fourth-order valence-corrected chi connectivity index (χ4v) is 2.57. The summed E-state index contributed by atoms with van der Waals surface area (Å²) in [5.74, 6) is 0.887. The predicted octanol–water partition coefficient (Wildman–Crippen LogP) is 1.63. The van der Waals surface area contributed by atoms with E-state index in [9.17, 15) is 10.2 Å². The first-order valence-corrected chi connectivity index (χ1v) is 8.60. The largest absolute Gasteiger partial charge is 0.480 e. The Morgan fingerprint density at radius 3 is 2.64 bits per heavy atom. The maximum absolute atomic E-state index is 10.1. The van der Waals surface area contributed by atoms with Crippen molar-refractivity contribution >= 4 is 22.7 Å². The molecule has 0 atom stereocenters. The van der Waals surface area contributed by atoms with Crippen LogP contribution in [0.4, 0.5) is 11.6 Å². The summed E-state index contributed by atoms with van der Waals surface area (Å²) < 4.78 is 1.55. The van der Waals surface area contributed by atoms with Gasteiger partial charge in [-0.2, -0.15) is 4.98 Å². The minimum atomic E-state index is -0.988. The summed E-state index contributed by atoms with van der Waals surface area (Å²) in [6, 6.07) is 2.14. The molecule has 0 aliphatic rings. The lowest BCUT2D eigenvalue weighted by atomic mass is 10.1. The minimum Gasteiger partial charge on any atom is -0.480 e. The number of rotatable bonds is 8. The van der Waals surface area contributed by atoms with E-state index in [0.29, 0.717) is 22.9 Å². The van der Waals surface area contributed by atoms with Gasteiger partial charge >= 0.3 is 0 Å². The van der Waals surface area contributed by atoms with Crippen LogP contribution in [0.5, 0.6) is 6.01 Å². The molecule has 0 radical (unpaired) electrons. The van der Waals surface area contributed by atoms with Crippen LogP contribution in [-0.2, 0) is 6.54 Å². The van der Waals surface area contributed by atoms with Gasteiger partial charge in [-0.1, -0.05) is 0 Å². The summed E-state index contributed by atoms with van der Waals surface area (Å²) in [5, 5.41) is 23.4. The number of hydrogen-bond acceptors (Lipinski definition) is 7. The van der Waals surface area contributed by atoms with Crippen LogP contribution >= 0.6 is 0 Å². The zero-order valence-electron chi connectivity index (χ0n) is 15.7. The van der Waals surface area contributed by atoms with Crippen LogP contribution < -0.4 is 11.1 Å². The van der Waals surface area contributed by atoms with Gasteiger partial charge in [0.2, 0.25) is 0 Å². The maximum atomic E-state index is 10.1. The molecule has 0 aliphatic heterocycles. The molecule has 0 unspecified atom stereocenters. The third kappa shape index (κ3) is 4.96. The molecule has 0 spiro atoms. The summed E-state index contributed by atoms with van der Waals surface area (Å²) in [7, 11) is 2.10. The molecule has 0 amide bonds. The van der Waals surface area contributed by atoms with Crippen molar-refractivity contribution in [2.45, 2.75) is 52.3 Å². The van der Waals surface area contributed by atoms with E-state index >= 15 is 0 Å². The molecule has 0 bridgehead atoms. The average Bonchev–Trinajstić information content (AvgIpc) is 2.79. The second kappa shape index (κ2) is 7.45. The molecule has 5 N–H and O–H groups in total. The zero-order valence-corrected chi connectivity index (χ0v) is 15.7. The Labute approximate surface area is 148 Å². The molecular weight excluding hydrogens is 320 g/mol. The number of fused-ring (bicyclic) bond motifs is 1. The first kappa shape index (κ1) is 19.3. The fraction of sp³-hybridized carbons (Fsp3) is 0.647. The van der Waals surface area contributed by atoms with E-state index < -0.39 is 5.60 Å². The molecular formula is C17H30N6O2. The normalized spacial score (nSPS) is 12.5. The van der Waals surface area contributed by atoms with Gasteiger partial charge in [-0.05, 0) is 47.7 Å². The molecule has 2 heterocycles. The molecule has 0 aromatic carbocycles. The first-order chi connectivity index (χ1) is 11.6. The lowest BCUT2D eigenvalue weighted by molar-refractivity contribution is 0.0602. The molecule has 2 aromatic rings. The highest BCUT2D eigenvalue weighted by Crippen LogP contribution is 2.28. The van der Waals surface area contributed by atoms with Crippen molar-refractivity contribution in [3.8, 4) is 6.01 Å². The fourth-order valence-electron chi connectivity index (χ4n) is 2.57. The number of nitrogens with one attached hydrogen (secondary N) is 1. The van der Waals surface area contributed by atoms with E-state index in [1.54, 1.807) is 24.5 Å². The van der Waals surface area contributed by atoms with Crippen LogP contribution in [0.2, 0.25) is 0 Å². The summed E-state index contributed by atoms with van der Waals surface area (Å²) in [6.45, 7) is 9.64. The van der Waals surface area contributed by atoms with Gasteiger partial charge in [0.15, 0.2) is 5.82 Å². The summed E-state index contributed by atoms with van der Waals surface area (Å²) >= 11 is 0. The van der Waals surface area contributed by atoms with E-state index in [1.165, 1.54) is 0 Å². The average molecular weight is 350 g/mol. The number of hydrogen-bond donors (Lipinski definition) is 4. The van der Waals surface area contributed by atoms with E-state index in [-0.39, 0.29) is 18.4 Å². The van der Waals surface area contributed by atoms with Crippen LogP contribution in [0.3, 0.4) is 0 Å². The number of nitrogens with two attached hydrogens (primary N) is 1. The van der Waals surface area contributed by atoms with Gasteiger partial charge in [-0.15, -0.1) is 0 Å². The number of aromatic hydroxyl groups is 1. The Morgan fingerprint density at radius 1 is 1.36 bits per heavy atom. The van der Waals surface area contributed by atoms with E-state index in [1.807, 2.05) is 0 Å². The summed E-state index contributed by atoms with van der Waals surface area (Å²) in [5.41, 5.74) is 6.08. The van der Waals surface area contributed by atoms with Crippen LogP contribution in [0.15, 0.2) is 6.07 Å². The number of imidazole rings is 1. The van der Waals surface area contributed by atoms with Gasteiger partial charge in [-0.3, -0.25) is 4.57 Å². The van der Waals surface area contributed by atoms with Crippen LogP contribution in [0.1, 0.15) is 34.1 Å². The highest BCUT2D eigenvalue weighted by atomic mass is 16.3.